The number of carbonyl (C=O) groups is 3. The lowest BCUT2D eigenvalue weighted by Gasteiger charge is -2.07. The molecule has 60 valence electrons. The van der Waals surface area contributed by atoms with Crippen LogP contribution in [0.4, 0.5) is 4.79 Å². The number of carboxylic acids is 1. The minimum Gasteiger partial charge on any atom is -0.480 e. The molecule has 1 unspecified atom stereocenters. The van der Waals surface area contributed by atoms with E-state index in [4.69, 9.17) is 5.11 Å². The molecule has 6 nitrogen and oxygen atoms in total. The van der Waals surface area contributed by atoms with Gasteiger partial charge in [0, 0.05) is 0 Å². The van der Waals surface area contributed by atoms with Crippen molar-refractivity contribution in [3.63, 3.8) is 0 Å². The van der Waals surface area contributed by atoms with E-state index >= 15 is 0 Å². The molecule has 0 bridgehead atoms. The minimum absolute atomic E-state index is 0.147. The summed E-state index contributed by atoms with van der Waals surface area (Å²) in [6.45, 7) is -0.271. The van der Waals surface area contributed by atoms with Crippen molar-refractivity contribution in [3.05, 3.63) is 0 Å². The topological polar surface area (TPSA) is 83.9 Å². The average Bonchev–Trinajstić information content (AvgIpc) is 2.30. The van der Waals surface area contributed by atoms with Crippen LogP contribution in [0.5, 0.6) is 0 Å². The molecule has 0 saturated carbocycles. The van der Waals surface area contributed by atoms with E-state index in [1.54, 1.807) is 0 Å². The molecule has 0 spiro atoms. The van der Waals surface area contributed by atoms with Gasteiger partial charge in [0.1, 0.15) is 6.61 Å². The summed E-state index contributed by atoms with van der Waals surface area (Å²) in [5.41, 5.74) is 0. The summed E-state index contributed by atoms with van der Waals surface area (Å²) in [6.07, 6.45) is -0.763. The highest BCUT2D eigenvalue weighted by atomic mass is 16.6. The van der Waals surface area contributed by atoms with Gasteiger partial charge in [-0.25, -0.2) is 14.5 Å². The fourth-order valence-electron chi connectivity index (χ4n) is 0.739. The third kappa shape index (κ3) is 1.14. The summed E-state index contributed by atoms with van der Waals surface area (Å²) >= 11 is 0. The highest BCUT2D eigenvalue weighted by molar-refractivity contribution is 5.90. The van der Waals surface area contributed by atoms with Crippen LogP contribution >= 0.6 is 0 Å². The van der Waals surface area contributed by atoms with Gasteiger partial charge in [0.05, 0.1) is 0 Å². The summed E-state index contributed by atoms with van der Waals surface area (Å²) in [5, 5.41) is 8.40. The van der Waals surface area contributed by atoms with Gasteiger partial charge in [-0.1, -0.05) is 0 Å². The second-order valence-corrected chi connectivity index (χ2v) is 1.94. The molecular weight excluding hydrogens is 154 g/mol. The predicted molar refractivity (Wildman–Crippen MR) is 30.7 cm³/mol. The minimum atomic E-state index is -1.25. The Balaban J connectivity index is 2.76. The smallest absolute Gasteiger partial charge is 0.417 e. The molecule has 2 amide bonds. The average molecular weight is 159 g/mol. The SMILES string of the molecule is O=CN1C(=O)OCC1C(=O)O. The van der Waals surface area contributed by atoms with Crippen molar-refractivity contribution in [2.45, 2.75) is 6.04 Å². The molecule has 0 aromatic rings. The maximum atomic E-state index is 10.5. The Morgan fingerprint density at radius 1 is 1.82 bits per heavy atom. The molecule has 1 fully saturated rings. The number of carbonyl (C=O) groups excluding carboxylic acids is 2. The lowest BCUT2D eigenvalue weighted by atomic mass is 10.3. The number of imide groups is 1. The number of hydrogen-bond donors (Lipinski definition) is 1. The number of cyclic esters (lactones) is 1. The Morgan fingerprint density at radius 3 is 2.82 bits per heavy atom. The standard InChI is InChI=1S/C5H5NO5/c7-2-6-3(4(8)9)1-11-5(6)10/h2-3H,1H2,(H,8,9). The lowest BCUT2D eigenvalue weighted by molar-refractivity contribution is -0.143. The molecular formula is C5H5NO5. The summed E-state index contributed by atoms with van der Waals surface area (Å²) < 4.78 is 4.31. The van der Waals surface area contributed by atoms with Crippen molar-refractivity contribution >= 4 is 18.5 Å². The zero-order valence-corrected chi connectivity index (χ0v) is 5.39. The van der Waals surface area contributed by atoms with E-state index < -0.39 is 18.1 Å². The number of rotatable bonds is 2. The number of ether oxygens (including phenoxy) is 1. The Kier molecular flexibility index (Phi) is 1.75. The molecule has 0 aromatic carbocycles. The van der Waals surface area contributed by atoms with Crippen LogP contribution in [0.15, 0.2) is 0 Å². The zero-order valence-electron chi connectivity index (χ0n) is 5.39. The van der Waals surface area contributed by atoms with Crippen LogP contribution in [0.1, 0.15) is 0 Å². The van der Waals surface area contributed by atoms with Gasteiger partial charge in [-0.3, -0.25) is 4.79 Å². The van der Waals surface area contributed by atoms with E-state index in [0.717, 1.165) is 0 Å². The van der Waals surface area contributed by atoms with Crippen molar-refractivity contribution in [3.8, 4) is 0 Å². The molecule has 0 aromatic heterocycles. The third-order valence-electron chi connectivity index (χ3n) is 1.31. The largest absolute Gasteiger partial charge is 0.480 e. The fraction of sp³-hybridized carbons (Fsp3) is 0.400. The van der Waals surface area contributed by atoms with Crippen molar-refractivity contribution in [2.75, 3.05) is 6.61 Å². The maximum absolute atomic E-state index is 10.5. The maximum Gasteiger partial charge on any atom is 0.417 e. The van der Waals surface area contributed by atoms with E-state index in [2.05, 4.69) is 4.74 Å². The number of nitrogens with zero attached hydrogens (tertiary/aromatic N) is 1. The summed E-state index contributed by atoms with van der Waals surface area (Å²) in [5.74, 6) is -1.25. The number of hydrogen-bond acceptors (Lipinski definition) is 4. The van der Waals surface area contributed by atoms with Gasteiger partial charge in [0.2, 0.25) is 6.41 Å². The second kappa shape index (κ2) is 2.57. The van der Waals surface area contributed by atoms with Crippen LogP contribution in [0, 0.1) is 0 Å². The molecule has 1 rings (SSSR count). The molecule has 1 aliphatic heterocycles. The Labute approximate surface area is 61.3 Å². The molecule has 0 radical (unpaired) electrons. The quantitative estimate of drug-likeness (QED) is 0.525. The van der Waals surface area contributed by atoms with Crippen molar-refractivity contribution in [1.82, 2.24) is 4.90 Å². The van der Waals surface area contributed by atoms with E-state index in [9.17, 15) is 14.4 Å². The molecule has 1 atom stereocenters. The lowest BCUT2D eigenvalue weighted by Crippen LogP contribution is -2.38. The van der Waals surface area contributed by atoms with E-state index in [-0.39, 0.29) is 13.0 Å². The van der Waals surface area contributed by atoms with Crippen LogP contribution in [0.2, 0.25) is 0 Å². The van der Waals surface area contributed by atoms with Gasteiger partial charge >= 0.3 is 12.1 Å². The van der Waals surface area contributed by atoms with E-state index in [1.165, 1.54) is 0 Å². The number of amides is 2. The Morgan fingerprint density at radius 2 is 2.45 bits per heavy atom. The summed E-state index contributed by atoms with van der Waals surface area (Å²) in [7, 11) is 0. The molecule has 0 aliphatic carbocycles. The Hall–Kier alpha value is -1.59. The first kappa shape index (κ1) is 7.52. The van der Waals surface area contributed by atoms with Gasteiger partial charge < -0.3 is 9.84 Å². The zero-order chi connectivity index (χ0) is 8.43. The van der Waals surface area contributed by atoms with E-state index in [1.807, 2.05) is 0 Å². The molecule has 1 aliphatic rings. The highest BCUT2D eigenvalue weighted by Gasteiger charge is 2.37. The summed E-state index contributed by atoms with van der Waals surface area (Å²) in [6, 6.07) is -1.17. The van der Waals surface area contributed by atoms with Crippen molar-refractivity contribution in [1.29, 1.82) is 0 Å². The van der Waals surface area contributed by atoms with Gasteiger partial charge in [-0.05, 0) is 0 Å². The van der Waals surface area contributed by atoms with Gasteiger partial charge in [-0.15, -0.1) is 0 Å². The van der Waals surface area contributed by atoms with Crippen LogP contribution in [-0.2, 0) is 14.3 Å². The first-order valence-electron chi connectivity index (χ1n) is 2.80. The van der Waals surface area contributed by atoms with Gasteiger partial charge in [0.15, 0.2) is 6.04 Å². The number of aliphatic carboxylic acids is 1. The van der Waals surface area contributed by atoms with Crippen LogP contribution in [0.25, 0.3) is 0 Å². The molecule has 11 heavy (non-hydrogen) atoms. The van der Waals surface area contributed by atoms with Crippen molar-refractivity contribution < 1.29 is 24.2 Å². The van der Waals surface area contributed by atoms with E-state index in [0.29, 0.717) is 4.90 Å². The fourth-order valence-corrected chi connectivity index (χ4v) is 0.739. The predicted octanol–water partition coefficient (Wildman–Crippen LogP) is -0.952. The second-order valence-electron chi connectivity index (χ2n) is 1.94. The highest BCUT2D eigenvalue weighted by Crippen LogP contribution is 2.09. The third-order valence-corrected chi connectivity index (χ3v) is 1.31. The molecule has 6 heteroatoms. The normalized spacial score (nSPS) is 23.1. The monoisotopic (exact) mass is 159 g/mol. The van der Waals surface area contributed by atoms with Crippen LogP contribution in [-0.4, -0.2) is 41.1 Å². The summed E-state index contributed by atoms with van der Waals surface area (Å²) in [4.78, 5) is 31.4. The first-order chi connectivity index (χ1) is 5.16. The van der Waals surface area contributed by atoms with Crippen LogP contribution in [0.3, 0.4) is 0 Å². The Bertz CT molecular complexity index is 213. The van der Waals surface area contributed by atoms with Gasteiger partial charge in [0.25, 0.3) is 0 Å². The number of carboxylic acid groups (broad SMARTS) is 1. The first-order valence-corrected chi connectivity index (χ1v) is 2.80. The molecule has 1 saturated heterocycles. The van der Waals surface area contributed by atoms with Crippen LogP contribution < -0.4 is 0 Å². The molecule has 1 heterocycles. The molecule has 1 N–H and O–H groups in total. The van der Waals surface area contributed by atoms with Gasteiger partial charge in [-0.2, -0.15) is 0 Å². The van der Waals surface area contributed by atoms with Crippen molar-refractivity contribution in [2.24, 2.45) is 0 Å².